The molecule has 0 N–H and O–H groups in total. The molecule has 4 heterocycles. The monoisotopic (exact) mass is 347 g/mol. The molecule has 8 heteroatoms. The highest BCUT2D eigenvalue weighted by Gasteiger charge is 2.22. The lowest BCUT2D eigenvalue weighted by molar-refractivity contribution is -0.0405. The first-order valence-corrected chi connectivity index (χ1v) is 9.27. The van der Waals surface area contributed by atoms with E-state index in [0.29, 0.717) is 0 Å². The van der Waals surface area contributed by atoms with Crippen LogP contribution in [0.4, 0.5) is 0 Å². The van der Waals surface area contributed by atoms with Gasteiger partial charge in [-0.25, -0.2) is 9.97 Å². The molecule has 0 radical (unpaired) electrons. The Kier molecular flexibility index (Phi) is 4.47. The van der Waals surface area contributed by atoms with Crippen LogP contribution < -0.4 is 0 Å². The van der Waals surface area contributed by atoms with Crippen molar-refractivity contribution in [3.63, 3.8) is 0 Å². The van der Waals surface area contributed by atoms with Crippen LogP contribution in [0.15, 0.2) is 35.5 Å². The third kappa shape index (κ3) is 3.66. The quantitative estimate of drug-likeness (QED) is 0.709. The van der Waals surface area contributed by atoms with Crippen LogP contribution in [0.3, 0.4) is 0 Å². The van der Waals surface area contributed by atoms with Gasteiger partial charge in [-0.1, -0.05) is 6.07 Å². The van der Waals surface area contributed by atoms with Gasteiger partial charge in [0.05, 0.1) is 29.8 Å². The fourth-order valence-electron chi connectivity index (χ4n) is 2.69. The second-order valence-corrected chi connectivity index (χ2v) is 7.27. The highest BCUT2D eigenvalue weighted by molar-refractivity contribution is 7.20. The van der Waals surface area contributed by atoms with Gasteiger partial charge < -0.3 is 4.74 Å². The van der Waals surface area contributed by atoms with Gasteiger partial charge in [0.1, 0.15) is 17.7 Å². The highest BCUT2D eigenvalue weighted by Crippen LogP contribution is 2.28. The fourth-order valence-corrected chi connectivity index (χ4v) is 4.32. The van der Waals surface area contributed by atoms with Gasteiger partial charge in [-0.05, 0) is 11.4 Å². The zero-order valence-corrected chi connectivity index (χ0v) is 14.2. The van der Waals surface area contributed by atoms with Gasteiger partial charge in [-0.2, -0.15) is 5.10 Å². The second-order valence-electron chi connectivity index (χ2n) is 5.47. The maximum Gasteiger partial charge on any atom is 0.137 e. The molecule has 0 spiro atoms. The van der Waals surface area contributed by atoms with Crippen molar-refractivity contribution in [2.24, 2.45) is 0 Å². The van der Waals surface area contributed by atoms with E-state index >= 15 is 0 Å². The van der Waals surface area contributed by atoms with E-state index in [1.165, 1.54) is 4.88 Å². The standard InChI is InChI=1S/C15H17N5OS2/c1-2-14(22-5-1)15-18-12(9-23-15)6-19-3-4-21-13(7-19)8-20-11-16-10-17-20/h1-2,5,9-11,13H,3-4,6-8H2/t13-/m1/s1. The minimum Gasteiger partial charge on any atom is -0.374 e. The van der Waals surface area contributed by atoms with Gasteiger partial charge in [0.2, 0.25) is 0 Å². The first kappa shape index (κ1) is 14.9. The number of thiazole rings is 1. The average Bonchev–Trinajstić information content (AvgIpc) is 3.30. The Labute approximate surface area is 142 Å². The maximum atomic E-state index is 5.84. The number of hydrogen-bond acceptors (Lipinski definition) is 7. The summed E-state index contributed by atoms with van der Waals surface area (Å²) in [5.41, 5.74) is 1.14. The van der Waals surface area contributed by atoms with Crippen LogP contribution in [0.5, 0.6) is 0 Å². The molecule has 3 aromatic heterocycles. The lowest BCUT2D eigenvalue weighted by Crippen LogP contribution is -2.43. The SMILES string of the molecule is c1csc(-c2nc(CN3CCO[C@@H](Cn4cncn4)C3)cs2)c1. The largest absolute Gasteiger partial charge is 0.374 e. The van der Waals surface area contributed by atoms with Crippen molar-refractivity contribution in [2.45, 2.75) is 19.2 Å². The number of thiophene rings is 1. The Bertz CT molecular complexity index is 725. The van der Waals surface area contributed by atoms with Crippen molar-refractivity contribution in [3.8, 4) is 9.88 Å². The molecule has 6 nitrogen and oxygen atoms in total. The molecular formula is C15H17N5OS2. The summed E-state index contributed by atoms with van der Waals surface area (Å²) < 4.78 is 7.66. The first-order chi connectivity index (χ1) is 11.4. The Morgan fingerprint density at radius 2 is 2.35 bits per heavy atom. The lowest BCUT2D eigenvalue weighted by atomic mass is 10.2. The van der Waals surface area contributed by atoms with E-state index in [2.05, 4.69) is 37.9 Å². The normalized spacial score (nSPS) is 19.2. The van der Waals surface area contributed by atoms with E-state index in [1.54, 1.807) is 35.3 Å². The van der Waals surface area contributed by atoms with Crippen LogP contribution in [0.2, 0.25) is 0 Å². The van der Waals surface area contributed by atoms with E-state index in [1.807, 2.05) is 4.68 Å². The van der Waals surface area contributed by atoms with Crippen molar-refractivity contribution in [1.29, 1.82) is 0 Å². The Balaban J connectivity index is 1.37. The first-order valence-electron chi connectivity index (χ1n) is 7.51. The molecule has 120 valence electrons. The van der Waals surface area contributed by atoms with E-state index in [4.69, 9.17) is 9.72 Å². The Morgan fingerprint density at radius 3 is 3.17 bits per heavy atom. The maximum absolute atomic E-state index is 5.84. The number of nitrogens with zero attached hydrogens (tertiary/aromatic N) is 5. The van der Waals surface area contributed by atoms with Crippen molar-refractivity contribution in [2.75, 3.05) is 19.7 Å². The predicted octanol–water partition coefficient (Wildman–Crippen LogP) is 2.36. The van der Waals surface area contributed by atoms with Crippen LogP contribution in [0, 0.1) is 0 Å². The number of rotatable bonds is 5. The van der Waals surface area contributed by atoms with Crippen LogP contribution in [0.25, 0.3) is 9.88 Å². The van der Waals surface area contributed by atoms with Gasteiger partial charge in [0.25, 0.3) is 0 Å². The van der Waals surface area contributed by atoms with Crippen molar-refractivity contribution in [3.05, 3.63) is 41.2 Å². The zero-order valence-electron chi connectivity index (χ0n) is 12.5. The lowest BCUT2D eigenvalue weighted by Gasteiger charge is -2.32. The summed E-state index contributed by atoms with van der Waals surface area (Å²) in [6, 6.07) is 4.19. The van der Waals surface area contributed by atoms with Crippen molar-refractivity contribution >= 4 is 22.7 Å². The minimum absolute atomic E-state index is 0.154. The van der Waals surface area contributed by atoms with Crippen LogP contribution in [-0.2, 0) is 17.8 Å². The molecule has 0 aliphatic carbocycles. The van der Waals surface area contributed by atoms with Gasteiger partial charge in [0, 0.05) is 25.0 Å². The third-order valence-corrected chi connectivity index (χ3v) is 5.68. The molecule has 0 unspecified atom stereocenters. The molecule has 0 saturated carbocycles. The molecule has 1 saturated heterocycles. The van der Waals surface area contributed by atoms with Crippen LogP contribution in [0.1, 0.15) is 5.69 Å². The molecule has 4 rings (SSSR count). The summed E-state index contributed by atoms with van der Waals surface area (Å²) in [5, 5.41) is 9.52. The Morgan fingerprint density at radius 1 is 1.35 bits per heavy atom. The second kappa shape index (κ2) is 6.88. The number of ether oxygens (including phenoxy) is 1. The molecule has 0 bridgehead atoms. The molecular weight excluding hydrogens is 330 g/mol. The smallest absolute Gasteiger partial charge is 0.137 e. The molecule has 1 atom stereocenters. The molecule has 1 aliphatic heterocycles. The van der Waals surface area contributed by atoms with Crippen LogP contribution in [-0.4, -0.2) is 50.4 Å². The topological polar surface area (TPSA) is 56.1 Å². The minimum atomic E-state index is 0.154. The zero-order chi connectivity index (χ0) is 15.5. The van der Waals surface area contributed by atoms with E-state index in [0.717, 1.165) is 43.5 Å². The van der Waals surface area contributed by atoms with Gasteiger partial charge >= 0.3 is 0 Å². The summed E-state index contributed by atoms with van der Waals surface area (Å²) in [5.74, 6) is 0. The van der Waals surface area contributed by atoms with E-state index in [-0.39, 0.29) is 6.10 Å². The number of hydrogen-bond donors (Lipinski definition) is 0. The van der Waals surface area contributed by atoms with Gasteiger partial charge in [-0.3, -0.25) is 9.58 Å². The molecule has 23 heavy (non-hydrogen) atoms. The molecule has 3 aromatic rings. The van der Waals surface area contributed by atoms with E-state index < -0.39 is 0 Å². The summed E-state index contributed by atoms with van der Waals surface area (Å²) >= 11 is 3.46. The summed E-state index contributed by atoms with van der Waals surface area (Å²) in [4.78, 5) is 12.4. The fraction of sp³-hybridized carbons (Fsp3) is 0.400. The van der Waals surface area contributed by atoms with E-state index in [9.17, 15) is 0 Å². The number of aromatic nitrogens is 4. The third-order valence-electron chi connectivity index (χ3n) is 3.75. The van der Waals surface area contributed by atoms with Gasteiger partial charge in [0.15, 0.2) is 0 Å². The molecule has 0 aromatic carbocycles. The average molecular weight is 347 g/mol. The summed E-state index contributed by atoms with van der Waals surface area (Å²) in [7, 11) is 0. The van der Waals surface area contributed by atoms with Crippen molar-refractivity contribution < 1.29 is 4.74 Å². The van der Waals surface area contributed by atoms with Gasteiger partial charge in [-0.15, -0.1) is 22.7 Å². The van der Waals surface area contributed by atoms with Crippen LogP contribution >= 0.6 is 22.7 Å². The van der Waals surface area contributed by atoms with Crippen molar-refractivity contribution in [1.82, 2.24) is 24.6 Å². The predicted molar refractivity (Wildman–Crippen MR) is 90.5 cm³/mol. The molecule has 1 aliphatic rings. The Hall–Kier alpha value is -1.61. The summed E-state index contributed by atoms with van der Waals surface area (Å²) in [6.07, 6.45) is 3.44. The molecule has 1 fully saturated rings. The summed E-state index contributed by atoms with van der Waals surface area (Å²) in [6.45, 7) is 4.21. The molecule has 0 amide bonds. The highest BCUT2D eigenvalue weighted by atomic mass is 32.1. The number of morpholine rings is 1.